The van der Waals surface area contributed by atoms with Gasteiger partial charge in [0.1, 0.15) is 23.5 Å². The van der Waals surface area contributed by atoms with Crippen LogP contribution >= 0.6 is 11.8 Å². The van der Waals surface area contributed by atoms with Crippen LogP contribution in [0.25, 0.3) is 0 Å². The highest BCUT2D eigenvalue weighted by molar-refractivity contribution is 7.99. The number of anilines is 1. The number of hydrogen-bond donors (Lipinski definition) is 2. The van der Waals surface area contributed by atoms with E-state index in [9.17, 15) is 0 Å². The molecule has 17 heavy (non-hydrogen) atoms. The molecule has 0 aliphatic rings. The molecule has 0 aromatic carbocycles. The molecular formula is C10H14N6S. The lowest BCUT2D eigenvalue weighted by atomic mass is 10.3. The van der Waals surface area contributed by atoms with E-state index in [4.69, 9.17) is 0 Å². The Hall–Kier alpha value is -1.63. The zero-order chi connectivity index (χ0) is 12.1. The van der Waals surface area contributed by atoms with Crippen LogP contribution in [0.4, 0.5) is 5.82 Å². The third-order valence-corrected chi connectivity index (χ3v) is 3.16. The normalized spacial score (nSPS) is 10.5. The monoisotopic (exact) mass is 250 g/mol. The summed E-state index contributed by atoms with van der Waals surface area (Å²) >= 11 is 1.45. The topological polar surface area (TPSA) is 79.4 Å². The van der Waals surface area contributed by atoms with Crippen LogP contribution in [-0.2, 0) is 0 Å². The minimum Gasteiger partial charge on any atom is -0.370 e. The number of aromatic amines is 1. The van der Waals surface area contributed by atoms with Gasteiger partial charge in [0.25, 0.3) is 0 Å². The Labute approximate surface area is 104 Å². The minimum absolute atomic E-state index is 0.730. The van der Waals surface area contributed by atoms with Gasteiger partial charge in [-0.3, -0.25) is 5.10 Å². The fourth-order valence-electron chi connectivity index (χ4n) is 1.29. The van der Waals surface area contributed by atoms with Gasteiger partial charge >= 0.3 is 0 Å². The highest BCUT2D eigenvalue weighted by atomic mass is 32.2. The van der Waals surface area contributed by atoms with Gasteiger partial charge in [-0.05, 0) is 25.1 Å². The molecule has 0 spiro atoms. The van der Waals surface area contributed by atoms with Crippen molar-refractivity contribution >= 4 is 17.6 Å². The minimum atomic E-state index is 0.730. The van der Waals surface area contributed by atoms with Crippen LogP contribution in [0.1, 0.15) is 18.9 Å². The zero-order valence-electron chi connectivity index (χ0n) is 9.77. The lowest BCUT2D eigenvalue weighted by Gasteiger charge is -2.09. The fourth-order valence-corrected chi connectivity index (χ4v) is 2.02. The van der Waals surface area contributed by atoms with Crippen molar-refractivity contribution in [1.82, 2.24) is 25.1 Å². The van der Waals surface area contributed by atoms with Gasteiger partial charge < -0.3 is 5.32 Å². The lowest BCUT2D eigenvalue weighted by Crippen LogP contribution is -2.05. The molecule has 6 nitrogen and oxygen atoms in total. The number of hydrogen-bond acceptors (Lipinski definition) is 6. The van der Waals surface area contributed by atoms with Gasteiger partial charge in [0.2, 0.25) is 0 Å². The summed E-state index contributed by atoms with van der Waals surface area (Å²) in [5.41, 5.74) is 1.03. The third-order valence-electron chi connectivity index (χ3n) is 2.17. The van der Waals surface area contributed by atoms with E-state index >= 15 is 0 Å². The Morgan fingerprint density at radius 1 is 1.29 bits per heavy atom. The summed E-state index contributed by atoms with van der Waals surface area (Å²) in [6, 6.07) is 0. The van der Waals surface area contributed by atoms with E-state index in [1.807, 2.05) is 6.92 Å². The van der Waals surface area contributed by atoms with E-state index < -0.39 is 0 Å². The van der Waals surface area contributed by atoms with Crippen LogP contribution in [0.3, 0.4) is 0 Å². The number of nitrogens with zero attached hydrogens (tertiary/aromatic N) is 4. The SMILES string of the molecule is CCCNc1ncnc(Sc2ncn[nH]2)c1C. The molecule has 0 bridgehead atoms. The summed E-state index contributed by atoms with van der Waals surface area (Å²) in [6.07, 6.45) is 4.10. The summed E-state index contributed by atoms with van der Waals surface area (Å²) in [5, 5.41) is 11.5. The van der Waals surface area contributed by atoms with Gasteiger partial charge in [0, 0.05) is 12.1 Å². The Bertz CT molecular complexity index is 470. The molecule has 0 atom stereocenters. The maximum atomic E-state index is 4.25. The summed E-state index contributed by atoms with van der Waals surface area (Å²) < 4.78 is 0. The molecule has 0 amide bonds. The van der Waals surface area contributed by atoms with Crippen molar-refractivity contribution in [2.45, 2.75) is 30.5 Å². The van der Waals surface area contributed by atoms with Gasteiger partial charge in [-0.2, -0.15) is 5.10 Å². The van der Waals surface area contributed by atoms with E-state index in [0.29, 0.717) is 0 Å². The molecule has 2 rings (SSSR count). The first kappa shape index (κ1) is 11.8. The molecule has 0 radical (unpaired) electrons. The van der Waals surface area contributed by atoms with Gasteiger partial charge in [-0.25, -0.2) is 15.0 Å². The maximum Gasteiger partial charge on any atom is 0.189 e. The quantitative estimate of drug-likeness (QED) is 0.789. The zero-order valence-corrected chi connectivity index (χ0v) is 10.6. The number of nitrogens with one attached hydrogen (secondary N) is 2. The fraction of sp³-hybridized carbons (Fsp3) is 0.400. The second-order valence-corrected chi connectivity index (χ2v) is 4.45. The Morgan fingerprint density at radius 3 is 2.88 bits per heavy atom. The van der Waals surface area contributed by atoms with E-state index in [1.54, 1.807) is 6.33 Å². The smallest absolute Gasteiger partial charge is 0.189 e. The average molecular weight is 250 g/mol. The van der Waals surface area contributed by atoms with Crippen molar-refractivity contribution < 1.29 is 0 Å². The molecule has 0 aliphatic carbocycles. The molecule has 0 saturated carbocycles. The van der Waals surface area contributed by atoms with E-state index in [0.717, 1.165) is 34.5 Å². The van der Waals surface area contributed by atoms with Gasteiger partial charge in [0.15, 0.2) is 5.16 Å². The standard InChI is InChI=1S/C10H14N6S/c1-3-4-11-8-7(2)9(13-5-12-8)17-10-14-6-15-16-10/h5-6H,3-4H2,1-2H3,(H,11,12,13)(H,14,15,16). The molecule has 2 N–H and O–H groups in total. The predicted octanol–water partition coefficient (Wildman–Crippen LogP) is 1.88. The predicted molar refractivity (Wildman–Crippen MR) is 66.1 cm³/mol. The molecule has 7 heteroatoms. The largest absolute Gasteiger partial charge is 0.370 e. The van der Waals surface area contributed by atoms with Crippen molar-refractivity contribution in [3.8, 4) is 0 Å². The van der Waals surface area contributed by atoms with Crippen LogP contribution in [0.15, 0.2) is 22.8 Å². The first-order valence-corrected chi connectivity index (χ1v) is 6.21. The summed E-state index contributed by atoms with van der Waals surface area (Å²) in [6.45, 7) is 5.02. The van der Waals surface area contributed by atoms with E-state index in [-0.39, 0.29) is 0 Å². The first-order valence-electron chi connectivity index (χ1n) is 5.40. The Balaban J connectivity index is 2.17. The number of H-pyrrole nitrogens is 1. The second kappa shape index (κ2) is 5.62. The molecule has 0 unspecified atom stereocenters. The molecular weight excluding hydrogens is 236 g/mol. The van der Waals surface area contributed by atoms with E-state index in [2.05, 4.69) is 37.4 Å². The van der Waals surface area contributed by atoms with Crippen LogP contribution in [0, 0.1) is 6.92 Å². The van der Waals surface area contributed by atoms with Gasteiger partial charge in [-0.15, -0.1) is 0 Å². The lowest BCUT2D eigenvalue weighted by molar-refractivity contribution is 0.930. The molecule has 0 aliphatic heterocycles. The Kier molecular flexibility index (Phi) is 3.92. The van der Waals surface area contributed by atoms with Crippen molar-refractivity contribution in [3.05, 3.63) is 18.2 Å². The first-order chi connectivity index (χ1) is 8.31. The number of rotatable bonds is 5. The average Bonchev–Trinajstić information content (AvgIpc) is 2.83. The molecule has 90 valence electrons. The van der Waals surface area contributed by atoms with Crippen LogP contribution in [0.2, 0.25) is 0 Å². The summed E-state index contributed by atoms with van der Waals surface area (Å²) in [5.74, 6) is 0.879. The molecule has 0 fully saturated rings. The van der Waals surface area contributed by atoms with Gasteiger partial charge in [0.05, 0.1) is 0 Å². The highest BCUT2D eigenvalue weighted by Crippen LogP contribution is 2.27. The Morgan fingerprint density at radius 2 is 2.18 bits per heavy atom. The number of aromatic nitrogens is 5. The van der Waals surface area contributed by atoms with Crippen molar-refractivity contribution in [2.75, 3.05) is 11.9 Å². The van der Waals surface area contributed by atoms with Crippen LogP contribution in [-0.4, -0.2) is 31.7 Å². The van der Waals surface area contributed by atoms with Crippen LogP contribution < -0.4 is 5.32 Å². The van der Waals surface area contributed by atoms with Crippen molar-refractivity contribution in [1.29, 1.82) is 0 Å². The van der Waals surface area contributed by atoms with Crippen molar-refractivity contribution in [2.24, 2.45) is 0 Å². The van der Waals surface area contributed by atoms with Crippen molar-refractivity contribution in [3.63, 3.8) is 0 Å². The molecule has 2 aromatic heterocycles. The molecule has 0 saturated heterocycles. The van der Waals surface area contributed by atoms with Gasteiger partial charge in [-0.1, -0.05) is 6.92 Å². The highest BCUT2D eigenvalue weighted by Gasteiger charge is 2.09. The van der Waals surface area contributed by atoms with E-state index in [1.165, 1.54) is 18.1 Å². The second-order valence-electron chi connectivity index (χ2n) is 3.47. The summed E-state index contributed by atoms with van der Waals surface area (Å²) in [7, 11) is 0. The molecule has 2 heterocycles. The van der Waals surface area contributed by atoms with Crippen LogP contribution in [0.5, 0.6) is 0 Å². The summed E-state index contributed by atoms with van der Waals surface area (Å²) in [4.78, 5) is 12.5. The maximum absolute atomic E-state index is 4.25. The molecule has 2 aromatic rings. The third kappa shape index (κ3) is 2.94.